The Labute approximate surface area is 88.9 Å². The number of nitrogens with two attached hydrogens (primary N) is 1. The van der Waals surface area contributed by atoms with Gasteiger partial charge >= 0.3 is 0 Å². The quantitative estimate of drug-likeness (QED) is 0.771. The molecule has 1 aromatic rings. The Balaban J connectivity index is 2.82. The van der Waals surface area contributed by atoms with Gasteiger partial charge in [-0.05, 0) is 25.1 Å². The molecule has 0 aliphatic heterocycles. The predicted octanol–water partition coefficient (Wildman–Crippen LogP) is 2.00. The fourth-order valence-corrected chi connectivity index (χ4v) is 1.37. The summed E-state index contributed by atoms with van der Waals surface area (Å²) in [4.78, 5) is 1.81. The third kappa shape index (κ3) is 3.13. The molecule has 1 atom stereocenters. The first-order valence-electron chi connectivity index (χ1n) is 4.69. The number of nitrogens with zero attached hydrogens (tertiary/aromatic N) is 2. The summed E-state index contributed by atoms with van der Waals surface area (Å²) in [6, 6.07) is 6.49. The molecule has 80 valence electrons. The fourth-order valence-electron chi connectivity index (χ4n) is 1.37. The monoisotopic (exact) mass is 207 g/mol. The third-order valence-corrected chi connectivity index (χ3v) is 2.11. The van der Waals surface area contributed by atoms with Gasteiger partial charge in [-0.2, -0.15) is 5.26 Å². The highest BCUT2D eigenvalue weighted by Crippen LogP contribution is 2.19. The van der Waals surface area contributed by atoms with Gasteiger partial charge < -0.3 is 10.6 Å². The summed E-state index contributed by atoms with van der Waals surface area (Å²) in [6.45, 7) is 2.37. The molecule has 0 aliphatic carbocycles. The van der Waals surface area contributed by atoms with Crippen LogP contribution in [0.3, 0.4) is 0 Å². The molecule has 0 saturated carbocycles. The average Bonchev–Trinajstić information content (AvgIpc) is 2.16. The van der Waals surface area contributed by atoms with Crippen molar-refractivity contribution in [1.82, 2.24) is 0 Å². The molecule has 0 aliphatic rings. The highest BCUT2D eigenvalue weighted by molar-refractivity contribution is 5.56. The Morgan fingerprint density at radius 2 is 2.20 bits per heavy atom. The summed E-state index contributed by atoms with van der Waals surface area (Å²) in [5.74, 6) is -0.457. The number of hydrogen-bond acceptors (Lipinski definition) is 3. The number of hydrogen-bond donors (Lipinski definition) is 1. The average molecular weight is 207 g/mol. The normalized spacial score (nSPS) is 11.9. The molecule has 0 aromatic heterocycles. The van der Waals surface area contributed by atoms with E-state index in [1.165, 1.54) is 12.1 Å². The second-order valence-electron chi connectivity index (χ2n) is 3.65. The molecule has 1 unspecified atom stereocenters. The Morgan fingerprint density at radius 1 is 1.53 bits per heavy atom. The maximum atomic E-state index is 13.0. The zero-order chi connectivity index (χ0) is 11.4. The van der Waals surface area contributed by atoms with Gasteiger partial charge in [0, 0.05) is 25.0 Å². The molecule has 0 radical (unpaired) electrons. The minimum atomic E-state index is -0.360. The molecule has 3 nitrogen and oxygen atoms in total. The van der Waals surface area contributed by atoms with E-state index in [-0.39, 0.29) is 11.7 Å². The molecule has 4 heteroatoms. The van der Waals surface area contributed by atoms with Crippen molar-refractivity contribution in [2.24, 2.45) is 5.92 Å². The second kappa shape index (κ2) is 4.65. The van der Waals surface area contributed by atoms with Gasteiger partial charge in [0.1, 0.15) is 5.82 Å². The van der Waals surface area contributed by atoms with Crippen molar-refractivity contribution in [2.45, 2.75) is 6.92 Å². The van der Waals surface area contributed by atoms with Crippen LogP contribution in [0.15, 0.2) is 18.2 Å². The number of nitriles is 1. The van der Waals surface area contributed by atoms with Gasteiger partial charge in [0.25, 0.3) is 0 Å². The molecule has 0 bridgehead atoms. The van der Waals surface area contributed by atoms with Gasteiger partial charge in [-0.3, -0.25) is 0 Å². The summed E-state index contributed by atoms with van der Waals surface area (Å²) in [5.41, 5.74) is 6.61. The van der Waals surface area contributed by atoms with Crippen molar-refractivity contribution in [3.8, 4) is 6.07 Å². The van der Waals surface area contributed by atoms with Gasteiger partial charge in [-0.25, -0.2) is 4.39 Å². The van der Waals surface area contributed by atoms with E-state index < -0.39 is 0 Å². The van der Waals surface area contributed by atoms with E-state index in [2.05, 4.69) is 6.07 Å². The summed E-state index contributed by atoms with van der Waals surface area (Å²) in [7, 11) is 1.81. The second-order valence-corrected chi connectivity index (χ2v) is 3.65. The zero-order valence-electron chi connectivity index (χ0n) is 8.87. The van der Waals surface area contributed by atoms with Crippen molar-refractivity contribution in [3.63, 3.8) is 0 Å². The van der Waals surface area contributed by atoms with Crippen LogP contribution in [0.4, 0.5) is 15.8 Å². The lowest BCUT2D eigenvalue weighted by Crippen LogP contribution is -2.23. The molecule has 0 heterocycles. The van der Waals surface area contributed by atoms with Gasteiger partial charge in [-0.15, -0.1) is 0 Å². The number of anilines is 2. The van der Waals surface area contributed by atoms with Crippen LogP contribution in [0.2, 0.25) is 0 Å². The molecular formula is C11H14FN3. The topological polar surface area (TPSA) is 53.0 Å². The van der Waals surface area contributed by atoms with Crippen LogP contribution in [0, 0.1) is 23.1 Å². The molecular weight excluding hydrogens is 193 g/mol. The Hall–Kier alpha value is -1.76. The Kier molecular flexibility index (Phi) is 3.51. The minimum absolute atomic E-state index is 0.0977. The lowest BCUT2D eigenvalue weighted by Gasteiger charge is -2.20. The number of rotatable bonds is 3. The van der Waals surface area contributed by atoms with Crippen molar-refractivity contribution in [1.29, 1.82) is 5.26 Å². The maximum absolute atomic E-state index is 13.0. The van der Waals surface area contributed by atoms with Crippen molar-refractivity contribution < 1.29 is 4.39 Å². The molecule has 0 spiro atoms. The summed E-state index contributed by atoms with van der Waals surface area (Å²) >= 11 is 0. The van der Waals surface area contributed by atoms with Crippen LogP contribution in [-0.2, 0) is 0 Å². The van der Waals surface area contributed by atoms with Crippen LogP contribution in [0.1, 0.15) is 6.92 Å². The summed E-state index contributed by atoms with van der Waals surface area (Å²) < 4.78 is 13.0. The number of nitrogen functional groups attached to an aromatic ring is 1. The van der Waals surface area contributed by atoms with Gasteiger partial charge in [0.15, 0.2) is 0 Å². The van der Waals surface area contributed by atoms with Gasteiger partial charge in [0.05, 0.1) is 12.0 Å². The lowest BCUT2D eigenvalue weighted by molar-refractivity contribution is 0.626. The van der Waals surface area contributed by atoms with E-state index in [0.717, 1.165) is 0 Å². The zero-order valence-corrected chi connectivity index (χ0v) is 8.87. The first-order chi connectivity index (χ1) is 7.02. The van der Waals surface area contributed by atoms with E-state index in [0.29, 0.717) is 17.9 Å². The molecule has 2 N–H and O–H groups in total. The fraction of sp³-hybridized carbons (Fsp3) is 0.364. The van der Waals surface area contributed by atoms with E-state index in [4.69, 9.17) is 11.0 Å². The van der Waals surface area contributed by atoms with Gasteiger partial charge in [-0.1, -0.05) is 0 Å². The lowest BCUT2D eigenvalue weighted by atomic mass is 10.2. The number of halogens is 1. The minimum Gasteiger partial charge on any atom is -0.399 e. The highest BCUT2D eigenvalue weighted by atomic mass is 19.1. The van der Waals surface area contributed by atoms with E-state index in [1.807, 2.05) is 18.9 Å². The van der Waals surface area contributed by atoms with Crippen LogP contribution in [0.5, 0.6) is 0 Å². The highest BCUT2D eigenvalue weighted by Gasteiger charge is 2.07. The SMILES string of the molecule is CC(C#N)CN(C)c1cc(N)cc(F)c1. The molecule has 0 saturated heterocycles. The van der Waals surface area contributed by atoms with E-state index >= 15 is 0 Å². The Morgan fingerprint density at radius 3 is 2.73 bits per heavy atom. The predicted molar refractivity (Wildman–Crippen MR) is 58.9 cm³/mol. The van der Waals surface area contributed by atoms with E-state index in [1.54, 1.807) is 6.07 Å². The van der Waals surface area contributed by atoms with Crippen LogP contribution >= 0.6 is 0 Å². The molecule has 0 fully saturated rings. The summed E-state index contributed by atoms with van der Waals surface area (Å²) in [5, 5.41) is 8.66. The molecule has 1 rings (SSSR count). The smallest absolute Gasteiger partial charge is 0.127 e. The maximum Gasteiger partial charge on any atom is 0.127 e. The van der Waals surface area contributed by atoms with Gasteiger partial charge in [0.2, 0.25) is 0 Å². The first kappa shape index (κ1) is 11.3. The van der Waals surface area contributed by atoms with Crippen molar-refractivity contribution >= 4 is 11.4 Å². The van der Waals surface area contributed by atoms with Crippen LogP contribution < -0.4 is 10.6 Å². The van der Waals surface area contributed by atoms with Crippen LogP contribution in [0.25, 0.3) is 0 Å². The Bertz CT molecular complexity index is 364. The standard InChI is InChI=1S/C11H14FN3/c1-8(6-13)7-15(2)11-4-9(12)3-10(14)5-11/h3-5,8H,7,14H2,1-2H3. The third-order valence-electron chi connectivity index (χ3n) is 2.11. The van der Waals surface area contributed by atoms with Crippen LogP contribution in [-0.4, -0.2) is 13.6 Å². The summed E-state index contributed by atoms with van der Waals surface area (Å²) in [6.07, 6.45) is 0. The molecule has 1 aromatic carbocycles. The number of benzene rings is 1. The molecule has 15 heavy (non-hydrogen) atoms. The first-order valence-corrected chi connectivity index (χ1v) is 4.69. The largest absolute Gasteiger partial charge is 0.399 e. The molecule has 0 amide bonds. The van der Waals surface area contributed by atoms with Crippen molar-refractivity contribution in [3.05, 3.63) is 24.0 Å². The van der Waals surface area contributed by atoms with Crippen molar-refractivity contribution in [2.75, 3.05) is 24.2 Å². The van der Waals surface area contributed by atoms with E-state index in [9.17, 15) is 4.39 Å².